The van der Waals surface area contributed by atoms with Gasteiger partial charge in [0.15, 0.2) is 0 Å². The van der Waals surface area contributed by atoms with Crippen LogP contribution < -0.4 is 10.9 Å². The molecule has 4 aromatic rings. The summed E-state index contributed by atoms with van der Waals surface area (Å²) in [5.41, 5.74) is 2.64. The zero-order valence-electron chi connectivity index (χ0n) is 19.5. The van der Waals surface area contributed by atoms with Crippen LogP contribution in [-0.4, -0.2) is 40.0 Å². The number of benzene rings is 2. The summed E-state index contributed by atoms with van der Waals surface area (Å²) in [7, 11) is 0. The normalized spacial score (nSPS) is 13.7. The monoisotopic (exact) mass is 486 g/mol. The van der Waals surface area contributed by atoms with Gasteiger partial charge in [0.1, 0.15) is 5.00 Å². The summed E-state index contributed by atoms with van der Waals surface area (Å²) in [5.74, 6) is -0.327. The highest BCUT2D eigenvalue weighted by Gasteiger charge is 2.28. The summed E-state index contributed by atoms with van der Waals surface area (Å²) in [6.45, 7) is 3.41. The number of aromatic nitrogens is 2. The molecule has 2 aromatic heterocycles. The number of thiophene rings is 1. The zero-order chi connectivity index (χ0) is 24.4. The maximum atomic E-state index is 13.6. The summed E-state index contributed by atoms with van der Waals surface area (Å²) in [6, 6.07) is 17.0. The Bertz CT molecular complexity index is 1450. The van der Waals surface area contributed by atoms with Crippen molar-refractivity contribution >= 4 is 38.9 Å². The smallest absolute Gasteiger partial charge is 0.272 e. The molecule has 0 saturated carbocycles. The Kier molecular flexibility index (Phi) is 6.46. The quantitative estimate of drug-likeness (QED) is 0.425. The van der Waals surface area contributed by atoms with E-state index in [1.54, 1.807) is 18.2 Å². The lowest BCUT2D eigenvalue weighted by Crippen LogP contribution is -2.36. The maximum Gasteiger partial charge on any atom is 0.272 e. The van der Waals surface area contributed by atoms with E-state index < -0.39 is 0 Å². The Hall–Kier alpha value is -3.78. The van der Waals surface area contributed by atoms with Crippen LogP contribution in [0.5, 0.6) is 0 Å². The number of piperidine rings is 1. The number of H-pyrrole nitrogens is 1. The minimum atomic E-state index is -0.291. The van der Waals surface area contributed by atoms with Gasteiger partial charge in [-0.05, 0) is 43.4 Å². The van der Waals surface area contributed by atoms with Crippen molar-refractivity contribution in [1.29, 1.82) is 0 Å². The van der Waals surface area contributed by atoms with Crippen molar-refractivity contribution in [3.05, 3.63) is 81.8 Å². The molecule has 2 aromatic carbocycles. The van der Waals surface area contributed by atoms with Crippen molar-refractivity contribution in [3.8, 4) is 10.4 Å². The van der Waals surface area contributed by atoms with Crippen LogP contribution in [-0.2, 0) is 11.2 Å². The van der Waals surface area contributed by atoms with Gasteiger partial charge in [0.2, 0.25) is 5.91 Å². The third-order valence-corrected chi connectivity index (χ3v) is 7.65. The lowest BCUT2D eigenvalue weighted by atomic mass is 10.0. The number of carbonyl (C=O) groups excluding carboxylic acids is 2. The van der Waals surface area contributed by atoms with E-state index >= 15 is 0 Å². The highest BCUT2D eigenvalue weighted by molar-refractivity contribution is 7.20. The van der Waals surface area contributed by atoms with E-state index in [0.717, 1.165) is 48.4 Å². The molecular weight excluding hydrogens is 460 g/mol. The molecule has 1 aliphatic heterocycles. The molecule has 35 heavy (non-hydrogen) atoms. The van der Waals surface area contributed by atoms with E-state index in [1.807, 2.05) is 48.2 Å². The van der Waals surface area contributed by atoms with Gasteiger partial charge >= 0.3 is 0 Å². The summed E-state index contributed by atoms with van der Waals surface area (Å²) >= 11 is 1.42. The van der Waals surface area contributed by atoms with Gasteiger partial charge in [0.05, 0.1) is 23.1 Å². The first-order valence-corrected chi connectivity index (χ1v) is 12.6. The molecule has 0 radical (unpaired) electrons. The number of hydrogen-bond donors (Lipinski definition) is 2. The number of aromatic amines is 1. The van der Waals surface area contributed by atoms with E-state index in [-0.39, 0.29) is 23.8 Å². The number of fused-ring (bicyclic) bond motifs is 1. The van der Waals surface area contributed by atoms with Crippen molar-refractivity contribution in [2.75, 3.05) is 18.4 Å². The maximum absolute atomic E-state index is 13.6. The molecule has 3 heterocycles. The van der Waals surface area contributed by atoms with E-state index in [2.05, 4.69) is 15.5 Å². The van der Waals surface area contributed by atoms with Crippen molar-refractivity contribution in [3.63, 3.8) is 0 Å². The standard InChI is InChI=1S/C27H26N4O3S/c1-17-23(27(34)31-14-8-3-9-15-31)26(35-24(17)18-10-4-2-5-11-18)28-22(32)16-21-19-12-6-7-13-20(19)25(33)30-29-21/h2,4-7,10-13H,3,8-9,14-16H2,1H3,(H,28,32)(H,30,33). The third kappa shape index (κ3) is 4.61. The van der Waals surface area contributed by atoms with Gasteiger partial charge in [-0.3, -0.25) is 14.4 Å². The lowest BCUT2D eigenvalue weighted by Gasteiger charge is -2.27. The molecule has 0 spiro atoms. The largest absolute Gasteiger partial charge is 0.339 e. The number of nitrogens with one attached hydrogen (secondary N) is 2. The van der Waals surface area contributed by atoms with Crippen molar-refractivity contribution in [2.24, 2.45) is 0 Å². The number of carbonyl (C=O) groups is 2. The first-order valence-electron chi connectivity index (χ1n) is 11.8. The fourth-order valence-corrected chi connectivity index (χ4v) is 5.83. The van der Waals surface area contributed by atoms with E-state index in [0.29, 0.717) is 27.0 Å². The predicted octanol–water partition coefficient (Wildman–Crippen LogP) is 4.77. The van der Waals surface area contributed by atoms with Crippen LogP contribution in [0.25, 0.3) is 21.2 Å². The first kappa shape index (κ1) is 23.0. The van der Waals surface area contributed by atoms with E-state index in [4.69, 9.17) is 0 Å². The fourth-order valence-electron chi connectivity index (χ4n) is 4.61. The van der Waals surface area contributed by atoms with E-state index in [1.165, 1.54) is 11.3 Å². The molecule has 0 aliphatic carbocycles. The topological polar surface area (TPSA) is 95.2 Å². The average molecular weight is 487 g/mol. The minimum Gasteiger partial charge on any atom is -0.339 e. The summed E-state index contributed by atoms with van der Waals surface area (Å²) in [6.07, 6.45) is 3.10. The molecule has 7 nitrogen and oxygen atoms in total. The van der Waals surface area contributed by atoms with Crippen LogP contribution in [0.4, 0.5) is 5.00 Å². The molecular formula is C27H26N4O3S. The Morgan fingerprint density at radius 2 is 1.69 bits per heavy atom. The number of nitrogens with zero attached hydrogens (tertiary/aromatic N) is 2. The lowest BCUT2D eigenvalue weighted by molar-refractivity contribution is -0.115. The summed E-state index contributed by atoms with van der Waals surface area (Å²) in [5, 5.41) is 11.3. The summed E-state index contributed by atoms with van der Waals surface area (Å²) < 4.78 is 0. The van der Waals surface area contributed by atoms with Crippen LogP contribution in [0.1, 0.15) is 40.9 Å². The van der Waals surface area contributed by atoms with Gasteiger partial charge in [-0.2, -0.15) is 5.10 Å². The molecule has 2 amide bonds. The second-order valence-electron chi connectivity index (χ2n) is 8.75. The van der Waals surface area contributed by atoms with Crippen molar-refractivity contribution in [2.45, 2.75) is 32.6 Å². The van der Waals surface area contributed by atoms with Crippen molar-refractivity contribution < 1.29 is 9.59 Å². The molecule has 1 saturated heterocycles. The number of hydrogen-bond acceptors (Lipinski definition) is 5. The van der Waals surface area contributed by atoms with Crippen LogP contribution in [0.2, 0.25) is 0 Å². The van der Waals surface area contributed by atoms with Crippen molar-refractivity contribution in [1.82, 2.24) is 15.1 Å². The van der Waals surface area contributed by atoms with E-state index in [9.17, 15) is 14.4 Å². The number of rotatable bonds is 5. The molecule has 8 heteroatoms. The second-order valence-corrected chi connectivity index (χ2v) is 9.77. The fraction of sp³-hybridized carbons (Fsp3) is 0.259. The Morgan fingerprint density at radius 3 is 2.43 bits per heavy atom. The Morgan fingerprint density at radius 1 is 1.00 bits per heavy atom. The Balaban J connectivity index is 1.49. The number of likely N-dealkylation sites (tertiary alicyclic amines) is 1. The van der Waals surface area contributed by atoms with Gasteiger partial charge < -0.3 is 10.2 Å². The molecule has 178 valence electrons. The molecule has 1 fully saturated rings. The SMILES string of the molecule is Cc1c(-c2ccccc2)sc(NC(=O)Cc2n[nH]c(=O)c3ccccc23)c1C(=O)N1CCCCC1. The van der Waals surface area contributed by atoms with Gasteiger partial charge in [0.25, 0.3) is 11.5 Å². The van der Waals surface area contributed by atoms with Crippen LogP contribution >= 0.6 is 11.3 Å². The number of amides is 2. The van der Waals surface area contributed by atoms with Gasteiger partial charge in [-0.25, -0.2) is 5.10 Å². The highest BCUT2D eigenvalue weighted by atomic mass is 32.1. The molecule has 0 atom stereocenters. The molecule has 2 N–H and O–H groups in total. The predicted molar refractivity (Wildman–Crippen MR) is 139 cm³/mol. The molecule has 1 aliphatic rings. The first-order chi connectivity index (χ1) is 17.0. The van der Waals surface area contributed by atoms with Gasteiger partial charge in [0, 0.05) is 23.4 Å². The molecule has 0 bridgehead atoms. The zero-order valence-corrected chi connectivity index (χ0v) is 20.3. The average Bonchev–Trinajstić information content (AvgIpc) is 3.21. The second kappa shape index (κ2) is 9.84. The Labute approximate surface area is 206 Å². The molecule has 0 unspecified atom stereocenters. The van der Waals surface area contributed by atoms with Crippen LogP contribution in [0.15, 0.2) is 59.4 Å². The number of anilines is 1. The summed E-state index contributed by atoms with van der Waals surface area (Å²) in [4.78, 5) is 41.7. The third-order valence-electron chi connectivity index (χ3n) is 6.40. The van der Waals surface area contributed by atoms with Crippen LogP contribution in [0, 0.1) is 6.92 Å². The highest BCUT2D eigenvalue weighted by Crippen LogP contribution is 2.40. The van der Waals surface area contributed by atoms with Gasteiger partial charge in [-0.1, -0.05) is 48.5 Å². The minimum absolute atomic E-state index is 0.0216. The van der Waals surface area contributed by atoms with Gasteiger partial charge in [-0.15, -0.1) is 11.3 Å². The molecule has 5 rings (SSSR count). The van der Waals surface area contributed by atoms with Crippen LogP contribution in [0.3, 0.4) is 0 Å².